The fourth-order valence-corrected chi connectivity index (χ4v) is 5.12. The number of unbranched alkanes of at least 4 members (excludes halogenated alkanes) is 1. The van der Waals surface area contributed by atoms with Crippen molar-refractivity contribution in [3.63, 3.8) is 0 Å². The maximum atomic E-state index is 13.7. The van der Waals surface area contributed by atoms with Gasteiger partial charge in [0.15, 0.2) is 0 Å². The van der Waals surface area contributed by atoms with Crippen molar-refractivity contribution < 1.29 is 29.4 Å². The number of H-pyrrole nitrogens is 2. The van der Waals surface area contributed by atoms with E-state index in [2.05, 4.69) is 25.9 Å². The zero-order valence-electron chi connectivity index (χ0n) is 24.2. The minimum absolute atomic E-state index is 0.00958. The first-order valence-electron chi connectivity index (χ1n) is 14.5. The lowest BCUT2D eigenvalue weighted by atomic mass is 10.0. The van der Waals surface area contributed by atoms with Gasteiger partial charge in [0.1, 0.15) is 24.2 Å². The third-order valence-electron chi connectivity index (χ3n) is 7.56. The van der Waals surface area contributed by atoms with Crippen molar-refractivity contribution in [2.24, 2.45) is 11.5 Å². The molecule has 13 nitrogen and oxygen atoms in total. The predicted molar refractivity (Wildman–Crippen MR) is 165 cm³/mol. The molecule has 11 N–H and O–H groups in total. The lowest BCUT2D eigenvalue weighted by molar-refractivity contribution is -0.142. The smallest absolute Gasteiger partial charge is 0.326 e. The highest BCUT2D eigenvalue weighted by Gasteiger charge is 2.31. The number of carbonyl (C=O) groups excluding carboxylic acids is 3. The second-order valence-corrected chi connectivity index (χ2v) is 10.7. The molecule has 0 aliphatic carbocycles. The van der Waals surface area contributed by atoms with Crippen LogP contribution in [0.4, 0.5) is 0 Å². The van der Waals surface area contributed by atoms with Gasteiger partial charge in [-0.3, -0.25) is 14.4 Å². The Morgan fingerprint density at radius 2 is 1.23 bits per heavy atom. The van der Waals surface area contributed by atoms with Gasteiger partial charge >= 0.3 is 5.97 Å². The summed E-state index contributed by atoms with van der Waals surface area (Å²) in [5, 5.41) is 28.9. The van der Waals surface area contributed by atoms with Crippen LogP contribution in [0.1, 0.15) is 30.4 Å². The average molecular weight is 606 g/mol. The second-order valence-electron chi connectivity index (χ2n) is 10.7. The van der Waals surface area contributed by atoms with Crippen LogP contribution in [0.15, 0.2) is 60.9 Å². The molecule has 3 amide bonds. The Kier molecular flexibility index (Phi) is 11.1. The Morgan fingerprint density at radius 3 is 1.77 bits per heavy atom. The fourth-order valence-electron chi connectivity index (χ4n) is 5.12. The molecule has 0 saturated carbocycles. The normalized spacial score (nSPS) is 14.1. The third-order valence-corrected chi connectivity index (χ3v) is 7.56. The van der Waals surface area contributed by atoms with E-state index >= 15 is 0 Å². The van der Waals surface area contributed by atoms with E-state index in [0.29, 0.717) is 24.9 Å². The molecule has 2 aromatic heterocycles. The van der Waals surface area contributed by atoms with Crippen LogP contribution in [0, 0.1) is 0 Å². The van der Waals surface area contributed by atoms with Gasteiger partial charge in [-0.2, -0.15) is 0 Å². The summed E-state index contributed by atoms with van der Waals surface area (Å²) in [5.74, 6) is -3.30. The summed E-state index contributed by atoms with van der Waals surface area (Å²) in [5.41, 5.74) is 14.4. The number of aromatic nitrogens is 2. The van der Waals surface area contributed by atoms with Gasteiger partial charge in [-0.25, -0.2) is 4.79 Å². The van der Waals surface area contributed by atoms with E-state index in [9.17, 15) is 29.4 Å². The SMILES string of the molecule is NCCCCC(NC(=O)C(N)CO)C(=O)NC(Cc1c[nH]c2ccccc12)C(=O)NC(Cc1c[nH]c2ccccc12)C(=O)O. The Morgan fingerprint density at radius 1 is 0.727 bits per heavy atom. The van der Waals surface area contributed by atoms with Crippen LogP contribution >= 0.6 is 0 Å². The molecule has 4 aromatic rings. The van der Waals surface area contributed by atoms with Crippen LogP contribution in [0.25, 0.3) is 21.8 Å². The van der Waals surface area contributed by atoms with Gasteiger partial charge in [0.25, 0.3) is 0 Å². The molecule has 0 fully saturated rings. The maximum absolute atomic E-state index is 13.7. The van der Waals surface area contributed by atoms with Crippen molar-refractivity contribution in [3.8, 4) is 0 Å². The Hall–Kier alpha value is -4.72. The molecule has 234 valence electrons. The van der Waals surface area contributed by atoms with Gasteiger partial charge in [-0.05, 0) is 49.1 Å². The molecule has 44 heavy (non-hydrogen) atoms. The number of hydrogen-bond donors (Lipinski definition) is 9. The average Bonchev–Trinajstić information content (AvgIpc) is 3.63. The van der Waals surface area contributed by atoms with Crippen LogP contribution in [-0.2, 0) is 32.0 Å². The quantitative estimate of drug-likeness (QED) is 0.0811. The van der Waals surface area contributed by atoms with Crippen molar-refractivity contribution >= 4 is 45.5 Å². The van der Waals surface area contributed by atoms with Crippen LogP contribution < -0.4 is 27.4 Å². The number of aliphatic hydroxyl groups is 1. The second kappa shape index (κ2) is 15.1. The first kappa shape index (κ1) is 32.2. The van der Waals surface area contributed by atoms with E-state index in [1.807, 2.05) is 48.5 Å². The number of fused-ring (bicyclic) bond motifs is 2. The molecule has 0 saturated heterocycles. The predicted octanol–water partition coefficient (Wildman–Crippen LogP) is 0.422. The summed E-state index contributed by atoms with van der Waals surface area (Å²) >= 11 is 0. The van der Waals surface area contributed by atoms with Crippen LogP contribution in [0.5, 0.6) is 0 Å². The molecule has 4 atom stereocenters. The zero-order chi connectivity index (χ0) is 31.6. The number of aromatic amines is 2. The Balaban J connectivity index is 1.58. The molecule has 0 aliphatic rings. The lowest BCUT2D eigenvalue weighted by Gasteiger charge is -2.25. The van der Waals surface area contributed by atoms with Crippen molar-refractivity contribution in [1.29, 1.82) is 0 Å². The van der Waals surface area contributed by atoms with E-state index in [4.69, 9.17) is 11.5 Å². The van der Waals surface area contributed by atoms with E-state index < -0.39 is 54.5 Å². The monoisotopic (exact) mass is 605 g/mol. The highest BCUT2D eigenvalue weighted by Crippen LogP contribution is 2.21. The molecule has 13 heteroatoms. The largest absolute Gasteiger partial charge is 0.480 e. The Bertz CT molecular complexity index is 1600. The topological polar surface area (TPSA) is 228 Å². The molecule has 0 radical (unpaired) electrons. The summed E-state index contributed by atoms with van der Waals surface area (Å²) in [6, 6.07) is 10.1. The van der Waals surface area contributed by atoms with E-state index in [1.54, 1.807) is 12.4 Å². The van der Waals surface area contributed by atoms with Crippen molar-refractivity contribution in [1.82, 2.24) is 25.9 Å². The number of carboxylic acid groups (broad SMARTS) is 1. The summed E-state index contributed by atoms with van der Waals surface area (Å²) in [6.07, 6.45) is 4.82. The summed E-state index contributed by atoms with van der Waals surface area (Å²) in [6.45, 7) is -0.224. The number of rotatable bonds is 16. The van der Waals surface area contributed by atoms with Crippen LogP contribution in [-0.4, -0.2) is 81.2 Å². The van der Waals surface area contributed by atoms with E-state index in [1.165, 1.54) is 0 Å². The fraction of sp³-hybridized carbons (Fsp3) is 0.355. The van der Waals surface area contributed by atoms with Gasteiger partial charge in [-0.1, -0.05) is 36.4 Å². The molecule has 0 bridgehead atoms. The first-order chi connectivity index (χ1) is 21.2. The van der Waals surface area contributed by atoms with Gasteiger partial charge in [0.2, 0.25) is 17.7 Å². The minimum atomic E-state index is -1.29. The van der Waals surface area contributed by atoms with Crippen molar-refractivity contribution in [3.05, 3.63) is 72.1 Å². The third kappa shape index (κ3) is 8.01. The molecule has 2 heterocycles. The Labute approximate surface area is 253 Å². The highest BCUT2D eigenvalue weighted by atomic mass is 16.4. The van der Waals surface area contributed by atoms with E-state index in [-0.39, 0.29) is 19.3 Å². The summed E-state index contributed by atoms with van der Waals surface area (Å²) < 4.78 is 0. The molecule has 0 spiro atoms. The zero-order valence-corrected chi connectivity index (χ0v) is 24.2. The number of para-hydroxylation sites is 2. The number of carbonyl (C=O) groups is 4. The number of nitrogens with one attached hydrogen (secondary N) is 5. The summed E-state index contributed by atoms with van der Waals surface area (Å²) in [7, 11) is 0. The molecule has 4 unspecified atom stereocenters. The van der Waals surface area contributed by atoms with Crippen molar-refractivity contribution in [2.75, 3.05) is 13.2 Å². The number of benzene rings is 2. The molecule has 0 aliphatic heterocycles. The highest BCUT2D eigenvalue weighted by molar-refractivity contribution is 5.95. The minimum Gasteiger partial charge on any atom is -0.480 e. The van der Waals surface area contributed by atoms with Crippen LogP contribution in [0.3, 0.4) is 0 Å². The number of aliphatic carboxylic acids is 1. The van der Waals surface area contributed by atoms with E-state index in [0.717, 1.165) is 27.4 Å². The number of aliphatic hydroxyl groups excluding tert-OH is 1. The number of amides is 3. The molecule has 2 aromatic carbocycles. The standard InChI is InChI=1S/C31H39N7O6/c32-12-6-5-11-25(36-28(40)22(33)17-39)29(41)37-26(13-18-15-34-23-9-3-1-7-20(18)23)30(42)38-27(31(43)44)14-19-16-35-24-10-4-2-8-21(19)24/h1-4,7-10,15-16,22,25-27,34-35,39H,5-6,11-14,17,32-33H2,(H,36,40)(H,37,41)(H,38,42)(H,43,44). The number of nitrogens with two attached hydrogens (primary N) is 2. The van der Waals surface area contributed by atoms with Crippen molar-refractivity contribution in [2.45, 2.75) is 56.3 Å². The molecular formula is C31H39N7O6. The van der Waals surface area contributed by atoms with Gasteiger partial charge in [0, 0.05) is 47.0 Å². The van der Waals surface area contributed by atoms with Gasteiger partial charge in [-0.15, -0.1) is 0 Å². The first-order valence-corrected chi connectivity index (χ1v) is 14.5. The summed E-state index contributed by atoms with van der Waals surface area (Å²) in [4.78, 5) is 58.3. The molecule has 4 rings (SSSR count). The van der Waals surface area contributed by atoms with Gasteiger partial charge < -0.3 is 47.6 Å². The maximum Gasteiger partial charge on any atom is 0.326 e. The molecular weight excluding hydrogens is 566 g/mol. The number of carboxylic acids is 1. The van der Waals surface area contributed by atoms with Gasteiger partial charge in [0.05, 0.1) is 6.61 Å². The number of hydrogen-bond acceptors (Lipinski definition) is 7. The lowest BCUT2D eigenvalue weighted by Crippen LogP contribution is -2.58. The van der Waals surface area contributed by atoms with Crippen LogP contribution in [0.2, 0.25) is 0 Å².